The van der Waals surface area contributed by atoms with Crippen molar-refractivity contribution in [2.75, 3.05) is 12.0 Å². The maximum atomic E-state index is 4.03. The molecule has 0 aliphatic heterocycles. The van der Waals surface area contributed by atoms with Crippen LogP contribution in [0.1, 0.15) is 26.6 Å². The van der Waals surface area contributed by atoms with E-state index in [1.807, 2.05) is 16.4 Å². The number of tetrazole rings is 1. The molecule has 0 spiro atoms. The highest BCUT2D eigenvalue weighted by Crippen LogP contribution is 2.07. The maximum Gasteiger partial charge on any atom is 0.165 e. The Balaban J connectivity index is 2.49. The van der Waals surface area contributed by atoms with Gasteiger partial charge in [-0.2, -0.15) is 11.8 Å². The Kier molecular flexibility index (Phi) is 5.76. The van der Waals surface area contributed by atoms with Gasteiger partial charge in [0.15, 0.2) is 5.82 Å². The summed E-state index contributed by atoms with van der Waals surface area (Å²) in [4.78, 5) is 0. The molecule has 0 bridgehead atoms. The van der Waals surface area contributed by atoms with E-state index in [1.165, 1.54) is 0 Å². The van der Waals surface area contributed by atoms with Gasteiger partial charge < -0.3 is 5.32 Å². The van der Waals surface area contributed by atoms with Gasteiger partial charge in [0.1, 0.15) is 0 Å². The summed E-state index contributed by atoms with van der Waals surface area (Å²) in [6.07, 6.45) is 2.12. The molecule has 5 nitrogen and oxygen atoms in total. The summed E-state index contributed by atoms with van der Waals surface area (Å²) in [5.41, 5.74) is 0. The van der Waals surface area contributed by atoms with Gasteiger partial charge in [0, 0.05) is 12.6 Å². The van der Waals surface area contributed by atoms with Crippen molar-refractivity contribution in [3.05, 3.63) is 5.82 Å². The average molecular weight is 243 g/mol. The van der Waals surface area contributed by atoms with Gasteiger partial charge in [-0.15, -0.1) is 5.10 Å². The molecule has 0 amide bonds. The van der Waals surface area contributed by atoms with Crippen molar-refractivity contribution in [1.82, 2.24) is 25.5 Å². The third kappa shape index (κ3) is 4.49. The molecule has 0 aromatic carbocycles. The summed E-state index contributed by atoms with van der Waals surface area (Å²) in [7, 11) is 0. The molecule has 0 fully saturated rings. The second-order valence-corrected chi connectivity index (χ2v) is 5.28. The molecule has 1 rings (SSSR count). The van der Waals surface area contributed by atoms with Gasteiger partial charge in [0.05, 0.1) is 6.54 Å². The number of hydrogen-bond acceptors (Lipinski definition) is 5. The quantitative estimate of drug-likeness (QED) is 0.779. The first-order valence-corrected chi connectivity index (χ1v) is 7.00. The summed E-state index contributed by atoms with van der Waals surface area (Å²) >= 11 is 1.86. The fraction of sp³-hybridized carbons (Fsp3) is 0.900. The third-order valence-electron chi connectivity index (χ3n) is 2.21. The molecule has 1 aromatic rings. The molecular weight excluding hydrogens is 222 g/mol. The van der Waals surface area contributed by atoms with Crippen LogP contribution in [0.5, 0.6) is 0 Å². The fourth-order valence-electron chi connectivity index (χ4n) is 1.42. The lowest BCUT2D eigenvalue weighted by Gasteiger charge is -2.12. The van der Waals surface area contributed by atoms with E-state index in [-0.39, 0.29) is 0 Å². The molecular formula is C10H21N5S. The van der Waals surface area contributed by atoms with E-state index in [1.54, 1.807) is 0 Å². The highest BCUT2D eigenvalue weighted by Gasteiger charge is 2.09. The fourth-order valence-corrected chi connectivity index (χ4v) is 2.09. The van der Waals surface area contributed by atoms with Crippen LogP contribution < -0.4 is 5.32 Å². The van der Waals surface area contributed by atoms with Crippen LogP contribution in [0, 0.1) is 5.92 Å². The Labute approximate surface area is 101 Å². The smallest absolute Gasteiger partial charge is 0.165 e. The van der Waals surface area contributed by atoms with Gasteiger partial charge in [-0.1, -0.05) is 20.8 Å². The van der Waals surface area contributed by atoms with Crippen molar-refractivity contribution in [1.29, 1.82) is 0 Å². The van der Waals surface area contributed by atoms with E-state index < -0.39 is 0 Å². The van der Waals surface area contributed by atoms with Crippen molar-refractivity contribution in [3.63, 3.8) is 0 Å². The Bertz CT molecular complexity index is 299. The normalized spacial score (nSPS) is 13.3. The lowest BCUT2D eigenvalue weighted by atomic mass is 10.2. The topological polar surface area (TPSA) is 55.6 Å². The van der Waals surface area contributed by atoms with Crippen LogP contribution in [-0.2, 0) is 13.1 Å². The summed E-state index contributed by atoms with van der Waals surface area (Å²) in [5, 5.41) is 15.1. The first kappa shape index (κ1) is 13.4. The standard InChI is InChI=1S/C10H21N5S/c1-8(2)11-5-10-12-13-14-15(10)6-9(3)7-16-4/h8-9,11H,5-7H2,1-4H3. The van der Waals surface area contributed by atoms with E-state index in [4.69, 9.17) is 0 Å². The SMILES string of the molecule is CSCC(C)Cn1nnnc1CNC(C)C. The van der Waals surface area contributed by atoms with Crippen molar-refractivity contribution in [2.24, 2.45) is 5.92 Å². The van der Waals surface area contributed by atoms with E-state index in [2.05, 4.69) is 47.9 Å². The maximum absolute atomic E-state index is 4.03. The Morgan fingerprint density at radius 1 is 1.38 bits per heavy atom. The van der Waals surface area contributed by atoms with Crippen molar-refractivity contribution in [3.8, 4) is 0 Å². The molecule has 1 unspecified atom stereocenters. The molecule has 0 saturated heterocycles. The first-order valence-electron chi connectivity index (χ1n) is 5.60. The van der Waals surface area contributed by atoms with Gasteiger partial charge in [0.25, 0.3) is 0 Å². The lowest BCUT2D eigenvalue weighted by molar-refractivity contribution is 0.450. The Morgan fingerprint density at radius 2 is 2.12 bits per heavy atom. The van der Waals surface area contributed by atoms with Crippen LogP contribution >= 0.6 is 11.8 Å². The minimum Gasteiger partial charge on any atom is -0.308 e. The van der Waals surface area contributed by atoms with Gasteiger partial charge in [0.2, 0.25) is 0 Å². The molecule has 1 atom stereocenters. The zero-order valence-electron chi connectivity index (χ0n) is 10.5. The number of nitrogens with one attached hydrogen (secondary N) is 1. The number of thioether (sulfide) groups is 1. The summed E-state index contributed by atoms with van der Waals surface area (Å²) in [6, 6.07) is 0.453. The molecule has 0 aliphatic carbocycles. The van der Waals surface area contributed by atoms with E-state index in [9.17, 15) is 0 Å². The molecule has 0 saturated carbocycles. The lowest BCUT2D eigenvalue weighted by Crippen LogP contribution is -2.25. The van der Waals surface area contributed by atoms with Crippen LogP contribution in [0.3, 0.4) is 0 Å². The molecule has 1 aromatic heterocycles. The summed E-state index contributed by atoms with van der Waals surface area (Å²) in [5.74, 6) is 2.65. The minimum absolute atomic E-state index is 0.453. The number of hydrogen-bond donors (Lipinski definition) is 1. The highest BCUT2D eigenvalue weighted by atomic mass is 32.2. The van der Waals surface area contributed by atoms with Gasteiger partial charge in [-0.05, 0) is 28.4 Å². The highest BCUT2D eigenvalue weighted by molar-refractivity contribution is 7.98. The van der Waals surface area contributed by atoms with E-state index in [0.29, 0.717) is 12.0 Å². The van der Waals surface area contributed by atoms with E-state index in [0.717, 1.165) is 24.7 Å². The summed E-state index contributed by atoms with van der Waals surface area (Å²) < 4.78 is 1.90. The number of rotatable bonds is 7. The van der Waals surface area contributed by atoms with Crippen LogP contribution in [0.2, 0.25) is 0 Å². The van der Waals surface area contributed by atoms with Crippen LogP contribution in [-0.4, -0.2) is 38.3 Å². The van der Waals surface area contributed by atoms with Gasteiger partial charge in [-0.3, -0.25) is 0 Å². The largest absolute Gasteiger partial charge is 0.308 e. The zero-order valence-corrected chi connectivity index (χ0v) is 11.3. The average Bonchev–Trinajstić information content (AvgIpc) is 2.62. The van der Waals surface area contributed by atoms with Gasteiger partial charge >= 0.3 is 0 Å². The van der Waals surface area contributed by atoms with E-state index >= 15 is 0 Å². The van der Waals surface area contributed by atoms with Crippen LogP contribution in [0.15, 0.2) is 0 Å². The molecule has 6 heteroatoms. The predicted octanol–water partition coefficient (Wildman–Crippen LogP) is 1.17. The molecule has 0 radical (unpaired) electrons. The third-order valence-corrected chi connectivity index (χ3v) is 3.11. The minimum atomic E-state index is 0.453. The van der Waals surface area contributed by atoms with Gasteiger partial charge in [-0.25, -0.2) is 4.68 Å². The molecule has 0 aliphatic rings. The van der Waals surface area contributed by atoms with Crippen molar-refractivity contribution < 1.29 is 0 Å². The van der Waals surface area contributed by atoms with Crippen LogP contribution in [0.4, 0.5) is 0 Å². The second-order valence-electron chi connectivity index (χ2n) is 4.37. The first-order chi connectivity index (χ1) is 7.63. The molecule has 1 N–H and O–H groups in total. The summed E-state index contributed by atoms with van der Waals surface area (Å²) in [6.45, 7) is 8.08. The number of aromatic nitrogens is 4. The Morgan fingerprint density at radius 3 is 2.75 bits per heavy atom. The second kappa shape index (κ2) is 6.85. The van der Waals surface area contributed by atoms with Crippen molar-refractivity contribution >= 4 is 11.8 Å². The predicted molar refractivity (Wildman–Crippen MR) is 67.3 cm³/mol. The monoisotopic (exact) mass is 243 g/mol. The number of nitrogens with zero attached hydrogens (tertiary/aromatic N) is 4. The molecule has 16 heavy (non-hydrogen) atoms. The molecule has 92 valence electrons. The Hall–Kier alpha value is -0.620. The van der Waals surface area contributed by atoms with Crippen LogP contribution in [0.25, 0.3) is 0 Å². The molecule has 1 heterocycles. The zero-order chi connectivity index (χ0) is 12.0. The van der Waals surface area contributed by atoms with Crippen molar-refractivity contribution in [2.45, 2.75) is 39.9 Å².